The van der Waals surface area contributed by atoms with Crippen LogP contribution in [0, 0.1) is 12.8 Å². The van der Waals surface area contributed by atoms with Crippen LogP contribution in [-0.4, -0.2) is 25.8 Å². The summed E-state index contributed by atoms with van der Waals surface area (Å²) < 4.78 is 26.5. The highest BCUT2D eigenvalue weighted by atomic mass is 35.5. The fraction of sp³-hybridized carbons (Fsp3) is 0.667. The second-order valence-corrected chi connectivity index (χ2v) is 8.35. The lowest BCUT2D eigenvalue weighted by Crippen LogP contribution is -2.38. The van der Waals surface area contributed by atoms with Gasteiger partial charge in [-0.3, -0.25) is 0 Å². The van der Waals surface area contributed by atoms with Crippen molar-refractivity contribution in [2.75, 3.05) is 7.05 Å². The highest BCUT2D eigenvalue weighted by molar-refractivity contribution is 7.89. The van der Waals surface area contributed by atoms with Crippen molar-refractivity contribution < 1.29 is 8.42 Å². The van der Waals surface area contributed by atoms with Crippen LogP contribution < -0.4 is 0 Å². The first kappa shape index (κ1) is 16.0. The zero-order valence-corrected chi connectivity index (χ0v) is 13.8. The van der Waals surface area contributed by atoms with Crippen LogP contribution in [-0.2, 0) is 15.9 Å². The first-order valence-corrected chi connectivity index (χ1v) is 8.64. The predicted molar refractivity (Wildman–Crippen MR) is 77.9 cm³/mol. The molecule has 0 saturated heterocycles. The monoisotopic (exact) mass is 309 g/mol. The molecule has 1 heterocycles. The number of hydrogen-bond donors (Lipinski definition) is 0. The highest BCUT2D eigenvalue weighted by Crippen LogP contribution is 2.30. The quantitative estimate of drug-likeness (QED) is 0.781. The van der Waals surface area contributed by atoms with Gasteiger partial charge < -0.3 is 0 Å². The number of rotatable bonds is 5. The Morgan fingerprint density at radius 3 is 2.33 bits per heavy atom. The molecule has 3 nitrogen and oxygen atoms in total. The Labute approximate surface area is 119 Å². The molecule has 1 unspecified atom stereocenters. The van der Waals surface area contributed by atoms with Crippen molar-refractivity contribution in [2.24, 2.45) is 5.92 Å². The molecule has 0 aliphatic rings. The summed E-state index contributed by atoms with van der Waals surface area (Å²) in [6, 6.07) is 1.65. The van der Waals surface area contributed by atoms with E-state index in [-0.39, 0.29) is 12.0 Å². The van der Waals surface area contributed by atoms with Crippen molar-refractivity contribution in [1.29, 1.82) is 0 Å². The van der Waals surface area contributed by atoms with Crippen LogP contribution in [0.5, 0.6) is 0 Å². The molecular weight excluding hydrogens is 290 g/mol. The van der Waals surface area contributed by atoms with E-state index in [0.29, 0.717) is 10.8 Å². The van der Waals surface area contributed by atoms with Crippen molar-refractivity contribution in [3.05, 3.63) is 15.8 Å². The van der Waals surface area contributed by atoms with Gasteiger partial charge in [-0.2, -0.15) is 4.31 Å². The minimum atomic E-state index is -3.42. The Bertz CT molecular complexity index is 508. The number of nitrogens with zero attached hydrogens (tertiary/aromatic N) is 1. The molecule has 0 N–H and O–H groups in total. The summed E-state index contributed by atoms with van der Waals surface area (Å²) in [5, 5.41) is 0. The molecule has 0 aliphatic carbocycles. The van der Waals surface area contributed by atoms with E-state index in [1.165, 1.54) is 15.6 Å². The van der Waals surface area contributed by atoms with E-state index < -0.39 is 10.0 Å². The fourth-order valence-electron chi connectivity index (χ4n) is 1.64. The van der Waals surface area contributed by atoms with Crippen LogP contribution in [0.4, 0.5) is 0 Å². The summed E-state index contributed by atoms with van der Waals surface area (Å²) in [5.74, 6) is 0.626. The largest absolute Gasteiger partial charge is 0.244 e. The zero-order valence-electron chi connectivity index (χ0n) is 11.4. The molecule has 0 aromatic carbocycles. The van der Waals surface area contributed by atoms with Gasteiger partial charge in [0.1, 0.15) is 0 Å². The normalized spacial score (nSPS) is 14.4. The van der Waals surface area contributed by atoms with Gasteiger partial charge in [0, 0.05) is 22.8 Å². The predicted octanol–water partition coefficient (Wildman–Crippen LogP) is 3.46. The third-order valence-electron chi connectivity index (χ3n) is 3.25. The van der Waals surface area contributed by atoms with Crippen LogP contribution in [0.25, 0.3) is 0 Å². The van der Waals surface area contributed by atoms with Crippen LogP contribution in [0.2, 0.25) is 0 Å². The molecule has 1 atom stereocenters. The molecular formula is C12H20ClNO2S2. The lowest BCUT2D eigenvalue weighted by atomic mass is 10.1. The summed E-state index contributed by atoms with van der Waals surface area (Å²) in [6.07, 6.45) is 0. The fourth-order valence-corrected chi connectivity index (χ4v) is 4.83. The third-order valence-corrected chi connectivity index (χ3v) is 6.95. The maximum atomic E-state index is 12.5. The topological polar surface area (TPSA) is 37.4 Å². The summed E-state index contributed by atoms with van der Waals surface area (Å²) in [5.41, 5.74) is 0. The number of halogens is 1. The van der Waals surface area contributed by atoms with Crippen molar-refractivity contribution >= 4 is 33.0 Å². The SMILES string of the molecule is Cc1sc(CCl)cc1S(=O)(=O)N(C)C(C)C(C)C. The minimum Gasteiger partial charge on any atom is -0.207 e. The lowest BCUT2D eigenvalue weighted by molar-refractivity contribution is 0.315. The van der Waals surface area contributed by atoms with Gasteiger partial charge in [0.2, 0.25) is 10.0 Å². The number of hydrogen-bond acceptors (Lipinski definition) is 3. The van der Waals surface area contributed by atoms with E-state index >= 15 is 0 Å². The van der Waals surface area contributed by atoms with Crippen molar-refractivity contribution in [2.45, 2.75) is 44.5 Å². The molecule has 0 fully saturated rings. The zero-order chi connectivity index (χ0) is 14.1. The van der Waals surface area contributed by atoms with Crippen molar-refractivity contribution in [3.63, 3.8) is 0 Å². The van der Waals surface area contributed by atoms with Crippen LogP contribution in [0.1, 0.15) is 30.5 Å². The van der Waals surface area contributed by atoms with Gasteiger partial charge in [-0.05, 0) is 25.8 Å². The number of aryl methyl sites for hydroxylation is 1. The van der Waals surface area contributed by atoms with Crippen LogP contribution in [0.3, 0.4) is 0 Å². The van der Waals surface area contributed by atoms with E-state index in [9.17, 15) is 8.42 Å². The third kappa shape index (κ3) is 3.07. The first-order chi connectivity index (χ1) is 8.21. The smallest absolute Gasteiger partial charge is 0.207 e. The van der Waals surface area contributed by atoms with E-state index in [2.05, 4.69) is 0 Å². The Balaban J connectivity index is 3.17. The number of thiophene rings is 1. The maximum absolute atomic E-state index is 12.5. The Morgan fingerprint density at radius 1 is 1.39 bits per heavy atom. The lowest BCUT2D eigenvalue weighted by Gasteiger charge is -2.27. The molecule has 18 heavy (non-hydrogen) atoms. The molecule has 104 valence electrons. The van der Waals surface area contributed by atoms with Gasteiger partial charge in [0.25, 0.3) is 0 Å². The molecule has 1 aromatic heterocycles. The average molecular weight is 310 g/mol. The van der Waals surface area contributed by atoms with Crippen LogP contribution >= 0.6 is 22.9 Å². The maximum Gasteiger partial charge on any atom is 0.244 e. The summed E-state index contributed by atoms with van der Waals surface area (Å²) in [4.78, 5) is 2.07. The van der Waals surface area contributed by atoms with E-state index in [1.807, 2.05) is 27.7 Å². The second-order valence-electron chi connectivity index (χ2n) is 4.77. The molecule has 0 radical (unpaired) electrons. The Hall–Kier alpha value is -0.100. The molecule has 0 saturated carbocycles. The Kier molecular flexibility index (Phi) is 5.23. The molecule has 0 aliphatic heterocycles. The molecule has 6 heteroatoms. The Morgan fingerprint density at radius 2 is 1.94 bits per heavy atom. The van der Waals surface area contributed by atoms with Crippen LogP contribution in [0.15, 0.2) is 11.0 Å². The van der Waals surface area contributed by atoms with Gasteiger partial charge in [0.15, 0.2) is 0 Å². The van der Waals surface area contributed by atoms with Gasteiger partial charge >= 0.3 is 0 Å². The summed E-state index contributed by atoms with van der Waals surface area (Å²) in [6.45, 7) is 7.77. The average Bonchev–Trinajstić information content (AvgIpc) is 2.69. The summed E-state index contributed by atoms with van der Waals surface area (Å²) >= 11 is 7.20. The molecule has 0 bridgehead atoms. The number of alkyl halides is 1. The highest BCUT2D eigenvalue weighted by Gasteiger charge is 2.29. The van der Waals surface area contributed by atoms with Gasteiger partial charge in [-0.15, -0.1) is 22.9 Å². The van der Waals surface area contributed by atoms with Crippen molar-refractivity contribution in [1.82, 2.24) is 4.31 Å². The van der Waals surface area contributed by atoms with E-state index in [1.54, 1.807) is 13.1 Å². The van der Waals surface area contributed by atoms with Gasteiger partial charge in [0.05, 0.1) is 10.8 Å². The van der Waals surface area contributed by atoms with E-state index in [0.717, 1.165) is 9.75 Å². The molecule has 0 spiro atoms. The standard InChI is InChI=1S/C12H20ClNO2S2/c1-8(2)9(3)14(5)18(15,16)12-6-11(7-13)17-10(12)4/h6,8-9H,7H2,1-5H3. The molecule has 1 rings (SSSR count). The summed E-state index contributed by atoms with van der Waals surface area (Å²) in [7, 11) is -1.78. The second kappa shape index (κ2) is 5.90. The van der Waals surface area contributed by atoms with Gasteiger partial charge in [-0.25, -0.2) is 8.42 Å². The first-order valence-electron chi connectivity index (χ1n) is 5.85. The number of sulfonamides is 1. The van der Waals surface area contributed by atoms with Gasteiger partial charge in [-0.1, -0.05) is 13.8 Å². The van der Waals surface area contributed by atoms with Crippen molar-refractivity contribution in [3.8, 4) is 0 Å². The van der Waals surface area contributed by atoms with E-state index in [4.69, 9.17) is 11.6 Å². The minimum absolute atomic E-state index is 0.0336. The molecule has 0 amide bonds. The molecule has 1 aromatic rings.